The molecule has 2 fully saturated rings. The van der Waals surface area contributed by atoms with Gasteiger partial charge in [0, 0.05) is 7.11 Å². The fourth-order valence-corrected chi connectivity index (χ4v) is 6.49. The smallest absolute Gasteiger partial charge is 0.338 e. The van der Waals surface area contributed by atoms with Gasteiger partial charge in [-0.1, -0.05) is 103 Å². The summed E-state index contributed by atoms with van der Waals surface area (Å²) < 4.78 is 56.7. The van der Waals surface area contributed by atoms with Gasteiger partial charge in [-0.15, -0.1) is 0 Å². The molecule has 50 heavy (non-hydrogen) atoms. The van der Waals surface area contributed by atoms with Gasteiger partial charge in [0.05, 0.1) is 38.6 Å². The van der Waals surface area contributed by atoms with Gasteiger partial charge in [-0.05, 0) is 34.4 Å². The number of esters is 1. The molecule has 4 aromatic rings. The van der Waals surface area contributed by atoms with E-state index < -0.39 is 55.2 Å². The lowest BCUT2D eigenvalue weighted by Crippen LogP contribution is -2.46. The lowest BCUT2D eigenvalue weighted by atomic mass is 10.1. The van der Waals surface area contributed by atoms with Gasteiger partial charge in [0.2, 0.25) is 0 Å². The van der Waals surface area contributed by atoms with Gasteiger partial charge in [-0.2, -0.15) is 0 Å². The summed E-state index contributed by atoms with van der Waals surface area (Å²) in [7, 11) is 1.57. The Hall–Kier alpha value is -3.97. The van der Waals surface area contributed by atoms with Crippen LogP contribution in [-0.2, 0) is 69.1 Å². The SMILES string of the molecule is CO[C@H]1O[C@H](COCc2ccccc2)[C@@H](OCc2ccccc2)[C@@H]1O[C@@H]1O[C@H](COC(=O)c2ccccc2)[C@H]2OCc3ccccc3CO[C@H]12. The molecule has 2 saturated heterocycles. The Balaban J connectivity index is 1.10. The molecule has 8 atom stereocenters. The second-order valence-corrected chi connectivity index (χ2v) is 12.5. The maximum Gasteiger partial charge on any atom is 0.338 e. The Labute approximate surface area is 292 Å². The van der Waals surface area contributed by atoms with E-state index >= 15 is 0 Å². The summed E-state index contributed by atoms with van der Waals surface area (Å²) in [6, 6.07) is 36.7. The van der Waals surface area contributed by atoms with Crippen LogP contribution >= 0.6 is 0 Å². The second kappa shape index (κ2) is 16.8. The third-order valence-corrected chi connectivity index (χ3v) is 9.11. The number of ether oxygens (including phenoxy) is 9. The molecule has 262 valence electrons. The van der Waals surface area contributed by atoms with Crippen LogP contribution in [0.15, 0.2) is 115 Å². The van der Waals surface area contributed by atoms with E-state index in [0.29, 0.717) is 32.0 Å². The van der Waals surface area contributed by atoms with Crippen LogP contribution in [0.25, 0.3) is 0 Å². The first-order valence-electron chi connectivity index (χ1n) is 16.9. The number of carbonyl (C=O) groups is 1. The van der Waals surface area contributed by atoms with Crippen LogP contribution in [0.1, 0.15) is 32.6 Å². The van der Waals surface area contributed by atoms with E-state index in [1.165, 1.54) is 0 Å². The van der Waals surface area contributed by atoms with Gasteiger partial charge in [0.15, 0.2) is 12.6 Å². The molecule has 10 heteroatoms. The lowest BCUT2D eigenvalue weighted by Gasteiger charge is -2.31. The molecule has 0 radical (unpaired) electrons. The predicted octanol–water partition coefficient (Wildman–Crippen LogP) is 5.61. The van der Waals surface area contributed by atoms with Crippen molar-refractivity contribution in [1.82, 2.24) is 0 Å². The summed E-state index contributed by atoms with van der Waals surface area (Å²) in [5, 5.41) is 0. The molecule has 0 aliphatic carbocycles. The minimum absolute atomic E-state index is 0.0570. The summed E-state index contributed by atoms with van der Waals surface area (Å²) in [5.41, 5.74) is 4.54. The Morgan fingerprint density at radius 1 is 0.640 bits per heavy atom. The number of carbonyl (C=O) groups excluding carboxylic acids is 1. The van der Waals surface area contributed by atoms with E-state index in [2.05, 4.69) is 0 Å². The van der Waals surface area contributed by atoms with Crippen molar-refractivity contribution < 1.29 is 47.4 Å². The normalized spacial score (nSPS) is 27.5. The topological polar surface area (TPSA) is 100 Å². The molecule has 0 bridgehead atoms. The average Bonchev–Trinajstić information content (AvgIpc) is 3.66. The van der Waals surface area contributed by atoms with Crippen LogP contribution < -0.4 is 0 Å². The van der Waals surface area contributed by atoms with Crippen molar-refractivity contribution in [3.8, 4) is 0 Å². The van der Waals surface area contributed by atoms with E-state index in [-0.39, 0.29) is 13.2 Å². The van der Waals surface area contributed by atoms with Gasteiger partial charge in [-0.25, -0.2) is 4.79 Å². The number of hydrogen-bond acceptors (Lipinski definition) is 10. The highest BCUT2D eigenvalue weighted by Gasteiger charge is 2.54. The quantitative estimate of drug-likeness (QED) is 0.166. The molecule has 0 spiro atoms. The second-order valence-electron chi connectivity index (χ2n) is 12.5. The van der Waals surface area contributed by atoms with Crippen LogP contribution in [0.3, 0.4) is 0 Å². The molecule has 3 heterocycles. The van der Waals surface area contributed by atoms with Crippen molar-refractivity contribution in [3.63, 3.8) is 0 Å². The zero-order chi connectivity index (χ0) is 34.1. The van der Waals surface area contributed by atoms with Gasteiger partial charge in [-0.3, -0.25) is 0 Å². The number of methoxy groups -OCH3 is 1. The van der Waals surface area contributed by atoms with Crippen LogP contribution in [0.4, 0.5) is 0 Å². The Morgan fingerprint density at radius 2 is 1.22 bits per heavy atom. The Morgan fingerprint density at radius 3 is 1.88 bits per heavy atom. The highest BCUT2D eigenvalue weighted by Crippen LogP contribution is 2.36. The van der Waals surface area contributed by atoms with E-state index in [4.69, 9.17) is 42.6 Å². The third kappa shape index (κ3) is 8.31. The van der Waals surface area contributed by atoms with Gasteiger partial charge >= 0.3 is 5.97 Å². The minimum Gasteiger partial charge on any atom is -0.459 e. The predicted molar refractivity (Wildman–Crippen MR) is 181 cm³/mol. The Kier molecular flexibility index (Phi) is 11.6. The maximum atomic E-state index is 12.9. The van der Waals surface area contributed by atoms with E-state index in [9.17, 15) is 4.79 Å². The highest BCUT2D eigenvalue weighted by molar-refractivity contribution is 5.89. The van der Waals surface area contributed by atoms with E-state index in [1.54, 1.807) is 31.4 Å². The van der Waals surface area contributed by atoms with Crippen LogP contribution in [0.5, 0.6) is 0 Å². The highest BCUT2D eigenvalue weighted by atomic mass is 16.8. The molecular formula is C40H42O10. The van der Waals surface area contributed by atoms with Crippen molar-refractivity contribution in [2.45, 2.75) is 75.6 Å². The van der Waals surface area contributed by atoms with Crippen molar-refractivity contribution in [1.29, 1.82) is 0 Å². The Bertz CT molecular complexity index is 1640. The van der Waals surface area contributed by atoms with Crippen LogP contribution in [-0.4, -0.2) is 75.5 Å². The zero-order valence-electron chi connectivity index (χ0n) is 27.9. The fraction of sp³-hybridized carbons (Fsp3) is 0.375. The fourth-order valence-electron chi connectivity index (χ4n) is 6.49. The molecular weight excluding hydrogens is 640 g/mol. The molecule has 0 saturated carbocycles. The summed E-state index contributed by atoms with van der Waals surface area (Å²) in [6.45, 7) is 1.61. The molecule has 7 rings (SSSR count). The van der Waals surface area contributed by atoms with Crippen LogP contribution in [0.2, 0.25) is 0 Å². The zero-order valence-corrected chi connectivity index (χ0v) is 27.9. The number of fused-ring (bicyclic) bond motifs is 2. The summed E-state index contributed by atoms with van der Waals surface area (Å²) in [4.78, 5) is 12.9. The molecule has 0 unspecified atom stereocenters. The average molecular weight is 683 g/mol. The van der Waals surface area contributed by atoms with Crippen molar-refractivity contribution in [2.75, 3.05) is 20.3 Å². The maximum absolute atomic E-state index is 12.9. The minimum atomic E-state index is -0.913. The molecule has 4 aromatic carbocycles. The molecule has 10 nitrogen and oxygen atoms in total. The lowest BCUT2D eigenvalue weighted by molar-refractivity contribution is -0.250. The first-order chi connectivity index (χ1) is 24.7. The van der Waals surface area contributed by atoms with Crippen LogP contribution in [0, 0.1) is 0 Å². The van der Waals surface area contributed by atoms with Crippen molar-refractivity contribution in [3.05, 3.63) is 143 Å². The van der Waals surface area contributed by atoms with Crippen molar-refractivity contribution >= 4 is 5.97 Å². The van der Waals surface area contributed by atoms with Gasteiger partial charge in [0.1, 0.15) is 43.2 Å². The third-order valence-electron chi connectivity index (χ3n) is 9.11. The summed E-state index contributed by atoms with van der Waals surface area (Å²) in [6.07, 6.45) is -5.40. The molecule has 3 aliphatic rings. The first-order valence-corrected chi connectivity index (χ1v) is 16.9. The number of hydrogen-bond donors (Lipinski definition) is 0. The largest absolute Gasteiger partial charge is 0.459 e. The first kappa shape index (κ1) is 34.5. The van der Waals surface area contributed by atoms with Gasteiger partial charge < -0.3 is 42.6 Å². The molecule has 0 amide bonds. The van der Waals surface area contributed by atoms with Crippen molar-refractivity contribution in [2.24, 2.45) is 0 Å². The summed E-state index contributed by atoms with van der Waals surface area (Å²) in [5.74, 6) is -0.455. The van der Waals surface area contributed by atoms with E-state index in [1.807, 2.05) is 91.0 Å². The standard InChI is InChI=1S/C40H42O10/c1-42-39-37(35(44-22-28-15-7-3-8-16-28)32(48-39)25-43-21-27-13-5-2-6-14-27)50-40-36-34(45-23-30-19-11-12-20-31(30)24-46-36)33(49-40)26-47-38(41)29-17-9-4-10-18-29/h2-20,32-37,39-40H,21-26H2,1H3/t32-,33-,34-,35-,36+,37+,39+,40+/m1/s1. The van der Waals surface area contributed by atoms with Gasteiger partial charge in [0.25, 0.3) is 0 Å². The summed E-state index contributed by atoms with van der Waals surface area (Å²) >= 11 is 0. The number of rotatable bonds is 13. The molecule has 0 N–H and O–H groups in total. The monoisotopic (exact) mass is 682 g/mol. The molecule has 3 aliphatic heterocycles. The van der Waals surface area contributed by atoms with E-state index in [0.717, 1.165) is 22.3 Å². The molecule has 0 aromatic heterocycles. The number of benzene rings is 4.